The molecule has 1 aromatic heterocycles. The van der Waals surface area contributed by atoms with E-state index in [4.69, 9.17) is 5.11 Å². The van der Waals surface area contributed by atoms with Crippen LogP contribution in [0.1, 0.15) is 22.3 Å². The van der Waals surface area contributed by atoms with E-state index in [1.165, 1.54) is 12.4 Å². The molecule has 24 heavy (non-hydrogen) atoms. The molecule has 0 saturated carbocycles. The first-order chi connectivity index (χ1) is 11.5. The minimum atomic E-state index is -1.10. The summed E-state index contributed by atoms with van der Waals surface area (Å²) in [5.41, 5.74) is 1.14. The number of carbonyl (C=O) groups excluding carboxylic acids is 1. The molecule has 0 saturated heterocycles. The second kappa shape index (κ2) is 8.56. The van der Waals surface area contributed by atoms with Crippen molar-refractivity contribution in [3.8, 4) is 0 Å². The largest absolute Gasteiger partial charge is 0.481 e. The first kappa shape index (κ1) is 18.1. The summed E-state index contributed by atoms with van der Waals surface area (Å²) in [6.45, 7) is 0. The Morgan fingerprint density at radius 2 is 1.92 bits per heavy atom. The quantitative estimate of drug-likeness (QED) is 0.669. The van der Waals surface area contributed by atoms with E-state index in [1.807, 2.05) is 30.3 Å². The molecule has 0 aliphatic carbocycles. The molecule has 0 radical (unpaired) electrons. The van der Waals surface area contributed by atoms with Gasteiger partial charge in [0, 0.05) is 23.3 Å². The van der Waals surface area contributed by atoms with E-state index in [0.717, 1.165) is 5.56 Å². The van der Waals surface area contributed by atoms with Crippen molar-refractivity contribution in [3.05, 3.63) is 64.4 Å². The number of aliphatic hydroxyl groups excluding tert-OH is 1. The zero-order chi connectivity index (χ0) is 17.5. The number of nitrogens with zero attached hydrogens (tertiary/aromatic N) is 1. The van der Waals surface area contributed by atoms with Crippen LogP contribution in [0.5, 0.6) is 0 Å². The van der Waals surface area contributed by atoms with Gasteiger partial charge in [0.25, 0.3) is 5.91 Å². The van der Waals surface area contributed by atoms with E-state index in [0.29, 0.717) is 4.47 Å². The van der Waals surface area contributed by atoms with Gasteiger partial charge in [-0.25, -0.2) is 0 Å². The number of rotatable bonds is 7. The van der Waals surface area contributed by atoms with Crippen LogP contribution in [0.2, 0.25) is 0 Å². The first-order valence-corrected chi connectivity index (χ1v) is 8.10. The lowest BCUT2D eigenvalue weighted by atomic mass is 9.99. The van der Waals surface area contributed by atoms with Gasteiger partial charge in [-0.2, -0.15) is 0 Å². The summed E-state index contributed by atoms with van der Waals surface area (Å²) in [6, 6.07) is 9.85. The van der Waals surface area contributed by atoms with Crippen molar-refractivity contribution in [1.29, 1.82) is 0 Å². The molecule has 6 nitrogen and oxygen atoms in total. The first-order valence-electron chi connectivity index (χ1n) is 7.31. The molecule has 3 N–H and O–H groups in total. The lowest BCUT2D eigenvalue weighted by Crippen LogP contribution is -2.45. The van der Waals surface area contributed by atoms with Crippen molar-refractivity contribution in [2.24, 2.45) is 0 Å². The van der Waals surface area contributed by atoms with Gasteiger partial charge in [-0.15, -0.1) is 0 Å². The summed E-state index contributed by atoms with van der Waals surface area (Å²) in [5, 5.41) is 22.0. The lowest BCUT2D eigenvalue weighted by Gasteiger charge is -2.23. The molecule has 2 aromatic rings. The van der Waals surface area contributed by atoms with Gasteiger partial charge < -0.3 is 15.5 Å². The maximum absolute atomic E-state index is 12.3. The summed E-state index contributed by atoms with van der Waals surface area (Å²) >= 11 is 3.22. The number of nitrogens with one attached hydrogen (secondary N) is 1. The van der Waals surface area contributed by atoms with Gasteiger partial charge in [0.05, 0.1) is 24.1 Å². The molecule has 7 heteroatoms. The fraction of sp³-hybridized carbons (Fsp3) is 0.235. The topological polar surface area (TPSA) is 99.5 Å². The smallest absolute Gasteiger partial charge is 0.305 e. The number of pyridine rings is 1. The second-order valence-corrected chi connectivity index (χ2v) is 6.24. The predicted octanol–water partition coefficient (Wildman–Crippen LogP) is 2.02. The Balaban J connectivity index is 2.09. The summed E-state index contributed by atoms with van der Waals surface area (Å²) in [6.07, 6.45) is 1.77. The highest BCUT2D eigenvalue weighted by atomic mass is 79.9. The zero-order valence-electron chi connectivity index (χ0n) is 12.7. The molecule has 126 valence electrons. The van der Waals surface area contributed by atoms with Crippen LogP contribution in [0.25, 0.3) is 0 Å². The molecule has 0 aliphatic rings. The van der Waals surface area contributed by atoms with Crippen molar-refractivity contribution in [1.82, 2.24) is 10.3 Å². The molecule has 0 bridgehead atoms. The average molecular weight is 393 g/mol. The number of aliphatic carboxylic acids is 1. The Bertz CT molecular complexity index is 709. The van der Waals surface area contributed by atoms with Crippen LogP contribution in [-0.2, 0) is 11.2 Å². The van der Waals surface area contributed by atoms with E-state index >= 15 is 0 Å². The number of aliphatic hydroxyl groups is 1. The fourth-order valence-corrected chi connectivity index (χ4v) is 2.62. The summed E-state index contributed by atoms with van der Waals surface area (Å²) in [5.74, 6) is -1.58. The van der Waals surface area contributed by atoms with Crippen LogP contribution in [0.4, 0.5) is 0 Å². The van der Waals surface area contributed by atoms with Crippen molar-refractivity contribution >= 4 is 27.8 Å². The van der Waals surface area contributed by atoms with Crippen molar-refractivity contribution in [2.75, 3.05) is 0 Å². The molecular weight excluding hydrogens is 376 g/mol. The monoisotopic (exact) mass is 392 g/mol. The molecular formula is C17H17BrN2O4. The third-order valence-corrected chi connectivity index (χ3v) is 3.86. The second-order valence-electron chi connectivity index (χ2n) is 5.33. The van der Waals surface area contributed by atoms with E-state index < -0.39 is 24.0 Å². The van der Waals surface area contributed by atoms with E-state index in [9.17, 15) is 14.7 Å². The highest BCUT2D eigenvalue weighted by molar-refractivity contribution is 9.10. The molecule has 0 aliphatic heterocycles. The van der Waals surface area contributed by atoms with Crippen LogP contribution in [0.15, 0.2) is 53.3 Å². The summed E-state index contributed by atoms with van der Waals surface area (Å²) in [4.78, 5) is 27.2. The number of hydrogen-bond donors (Lipinski definition) is 3. The summed E-state index contributed by atoms with van der Waals surface area (Å²) in [7, 11) is 0. The highest BCUT2D eigenvalue weighted by Gasteiger charge is 2.25. The summed E-state index contributed by atoms with van der Waals surface area (Å²) < 4.78 is 0.634. The Kier molecular flexibility index (Phi) is 6.45. The van der Waals surface area contributed by atoms with E-state index in [2.05, 4.69) is 26.2 Å². The van der Waals surface area contributed by atoms with Crippen LogP contribution in [0.3, 0.4) is 0 Å². The van der Waals surface area contributed by atoms with Gasteiger partial charge in [-0.3, -0.25) is 14.6 Å². The standard InChI is InChI=1S/C17H17BrN2O4/c18-13-7-12(9-19-10-13)17(24)20-14(8-16(22)23)15(21)6-11-4-2-1-3-5-11/h1-5,7,9-10,14-15,21H,6,8H2,(H,20,24)(H,22,23)/t14-,15?/m0/s1. The van der Waals surface area contributed by atoms with Crippen LogP contribution < -0.4 is 5.32 Å². The maximum Gasteiger partial charge on any atom is 0.305 e. The average Bonchev–Trinajstić information content (AvgIpc) is 2.54. The van der Waals surface area contributed by atoms with Crippen molar-refractivity contribution < 1.29 is 19.8 Å². The van der Waals surface area contributed by atoms with Crippen molar-refractivity contribution in [3.63, 3.8) is 0 Å². The van der Waals surface area contributed by atoms with Crippen LogP contribution >= 0.6 is 15.9 Å². The Hall–Kier alpha value is -2.25. The highest BCUT2D eigenvalue weighted by Crippen LogP contribution is 2.12. The van der Waals surface area contributed by atoms with Gasteiger partial charge in [0.15, 0.2) is 0 Å². The number of carboxylic acids is 1. The third-order valence-electron chi connectivity index (χ3n) is 3.43. The van der Waals surface area contributed by atoms with Crippen LogP contribution in [0, 0.1) is 0 Å². The number of hydrogen-bond acceptors (Lipinski definition) is 4. The Morgan fingerprint density at radius 1 is 1.21 bits per heavy atom. The molecule has 1 heterocycles. The number of benzene rings is 1. The zero-order valence-corrected chi connectivity index (χ0v) is 14.3. The third kappa shape index (κ3) is 5.43. The number of carboxylic acid groups (broad SMARTS) is 1. The predicted molar refractivity (Wildman–Crippen MR) is 91.6 cm³/mol. The van der Waals surface area contributed by atoms with E-state index in [-0.39, 0.29) is 18.4 Å². The van der Waals surface area contributed by atoms with Gasteiger partial charge in [-0.05, 0) is 27.6 Å². The number of amides is 1. The molecule has 0 fully saturated rings. The number of aromatic nitrogens is 1. The van der Waals surface area contributed by atoms with Gasteiger partial charge in [0.1, 0.15) is 0 Å². The molecule has 2 atom stereocenters. The van der Waals surface area contributed by atoms with Crippen LogP contribution in [-0.4, -0.2) is 39.2 Å². The van der Waals surface area contributed by atoms with Crippen molar-refractivity contribution in [2.45, 2.75) is 25.0 Å². The van der Waals surface area contributed by atoms with Gasteiger partial charge >= 0.3 is 5.97 Å². The molecule has 1 unspecified atom stereocenters. The molecule has 1 amide bonds. The SMILES string of the molecule is O=C(O)C[C@H](NC(=O)c1cncc(Br)c1)C(O)Cc1ccccc1. The Morgan fingerprint density at radius 3 is 2.54 bits per heavy atom. The maximum atomic E-state index is 12.3. The minimum absolute atomic E-state index is 0.246. The normalized spacial score (nSPS) is 13.1. The molecule has 0 spiro atoms. The van der Waals surface area contributed by atoms with E-state index in [1.54, 1.807) is 6.07 Å². The fourth-order valence-electron chi connectivity index (χ4n) is 2.26. The molecule has 2 rings (SSSR count). The minimum Gasteiger partial charge on any atom is -0.481 e. The van der Waals surface area contributed by atoms with Gasteiger partial charge in [-0.1, -0.05) is 30.3 Å². The lowest BCUT2D eigenvalue weighted by molar-refractivity contribution is -0.138. The number of halogens is 1. The van der Waals surface area contributed by atoms with Gasteiger partial charge in [0.2, 0.25) is 0 Å². The molecule has 1 aromatic carbocycles. The number of carbonyl (C=O) groups is 2. The Labute approximate surface area is 147 Å².